The normalized spacial score (nSPS) is 35.2. The van der Waals surface area contributed by atoms with Gasteiger partial charge in [-0.15, -0.1) is 0 Å². The highest BCUT2D eigenvalue weighted by molar-refractivity contribution is 5.85. The van der Waals surface area contributed by atoms with Crippen molar-refractivity contribution >= 4 is 12.1 Å². The number of alkyl halides is 2. The quantitative estimate of drug-likeness (QED) is 0.806. The second-order valence-electron chi connectivity index (χ2n) is 6.98. The van der Waals surface area contributed by atoms with Crippen molar-refractivity contribution in [2.75, 3.05) is 6.54 Å². The van der Waals surface area contributed by atoms with Crippen LogP contribution in [-0.2, 0) is 9.53 Å². The Hall–Kier alpha value is -1.40. The minimum absolute atomic E-state index is 0.248. The number of likely N-dealkylation sites (tertiary alicyclic amines) is 1. The lowest BCUT2D eigenvalue weighted by atomic mass is 9.92. The number of hydrogen-bond acceptors (Lipinski definition) is 3. The van der Waals surface area contributed by atoms with Gasteiger partial charge in [0.1, 0.15) is 11.1 Å². The molecule has 1 amide bonds. The molecule has 0 bridgehead atoms. The van der Waals surface area contributed by atoms with E-state index in [0.717, 1.165) is 4.90 Å². The van der Waals surface area contributed by atoms with Crippen molar-refractivity contribution in [2.45, 2.75) is 57.6 Å². The maximum Gasteiger partial charge on any atom is 0.411 e. The molecule has 20 heavy (non-hydrogen) atoms. The average molecular weight is 291 g/mol. The van der Waals surface area contributed by atoms with Crippen LogP contribution < -0.4 is 0 Å². The number of halogens is 2. The number of carbonyl (C=O) groups excluding carboxylic acids is 1. The van der Waals surface area contributed by atoms with Gasteiger partial charge in [0.15, 0.2) is 0 Å². The number of carboxylic acids is 1. The Morgan fingerprint density at radius 3 is 2.10 bits per heavy atom. The van der Waals surface area contributed by atoms with E-state index in [2.05, 4.69) is 0 Å². The van der Waals surface area contributed by atoms with E-state index in [1.54, 1.807) is 20.8 Å². The van der Waals surface area contributed by atoms with Gasteiger partial charge in [-0.3, -0.25) is 4.90 Å². The number of carboxylic acid groups (broad SMARTS) is 1. The monoisotopic (exact) mass is 291 g/mol. The van der Waals surface area contributed by atoms with Crippen molar-refractivity contribution in [2.24, 2.45) is 5.41 Å². The molecule has 7 heteroatoms. The molecule has 2 atom stereocenters. The smallest absolute Gasteiger partial charge is 0.411 e. The third-order valence-electron chi connectivity index (χ3n) is 4.03. The largest absolute Gasteiger partial charge is 0.480 e. The Labute approximate surface area is 115 Å². The molecule has 114 valence electrons. The maximum absolute atomic E-state index is 13.5. The molecular weight excluding hydrogens is 272 g/mol. The van der Waals surface area contributed by atoms with Gasteiger partial charge >= 0.3 is 12.1 Å². The highest BCUT2D eigenvalue weighted by Crippen LogP contribution is 2.68. The van der Waals surface area contributed by atoms with Crippen LogP contribution in [0.2, 0.25) is 0 Å². The van der Waals surface area contributed by atoms with Gasteiger partial charge in [-0.2, -0.15) is 0 Å². The lowest BCUT2D eigenvalue weighted by Gasteiger charge is -2.32. The fourth-order valence-corrected chi connectivity index (χ4v) is 2.81. The molecule has 0 aromatic carbocycles. The summed E-state index contributed by atoms with van der Waals surface area (Å²) in [5.74, 6) is -4.19. The summed E-state index contributed by atoms with van der Waals surface area (Å²) in [5.41, 5.74) is -3.86. The first-order valence-corrected chi connectivity index (χ1v) is 6.45. The molecule has 0 aromatic rings. The molecule has 1 aliphatic heterocycles. The zero-order chi connectivity index (χ0) is 15.6. The van der Waals surface area contributed by atoms with Gasteiger partial charge in [0.25, 0.3) is 5.92 Å². The Bertz CT molecular complexity index is 473. The highest BCUT2D eigenvalue weighted by atomic mass is 19.3. The lowest BCUT2D eigenvalue weighted by Crippen LogP contribution is -2.52. The van der Waals surface area contributed by atoms with Crippen molar-refractivity contribution in [3.8, 4) is 0 Å². The summed E-state index contributed by atoms with van der Waals surface area (Å²) in [6.07, 6.45) is -1.48. The predicted molar refractivity (Wildman–Crippen MR) is 65.6 cm³/mol. The van der Waals surface area contributed by atoms with E-state index < -0.39 is 34.5 Å². The van der Waals surface area contributed by atoms with Crippen molar-refractivity contribution in [3.63, 3.8) is 0 Å². The van der Waals surface area contributed by atoms with Crippen molar-refractivity contribution in [1.29, 1.82) is 0 Å². The molecule has 1 heterocycles. The molecule has 2 fully saturated rings. The van der Waals surface area contributed by atoms with Gasteiger partial charge in [-0.25, -0.2) is 18.4 Å². The number of amides is 1. The molecule has 1 aliphatic carbocycles. The first kappa shape index (κ1) is 15.0. The standard InChI is InChI=1S/C13H19F2NO4/c1-10(2,3)20-9(19)16-7-12(6-13(12,14)15)5-11(16,4)8(17)18/h5-7H2,1-4H3,(H,17,18). The Kier molecular flexibility index (Phi) is 2.87. The summed E-state index contributed by atoms with van der Waals surface area (Å²) in [5, 5.41) is 9.33. The molecule has 2 aliphatic rings. The Morgan fingerprint density at radius 1 is 1.25 bits per heavy atom. The van der Waals surface area contributed by atoms with Crippen LogP contribution in [0.5, 0.6) is 0 Å². The van der Waals surface area contributed by atoms with E-state index >= 15 is 0 Å². The van der Waals surface area contributed by atoms with E-state index in [9.17, 15) is 23.5 Å². The van der Waals surface area contributed by atoms with Crippen LogP contribution in [-0.4, -0.2) is 45.7 Å². The third-order valence-corrected chi connectivity index (χ3v) is 4.03. The average Bonchev–Trinajstić information content (AvgIpc) is 2.59. The fourth-order valence-electron chi connectivity index (χ4n) is 2.81. The minimum Gasteiger partial charge on any atom is -0.480 e. The molecule has 1 saturated heterocycles. The van der Waals surface area contributed by atoms with Crippen LogP contribution in [0.3, 0.4) is 0 Å². The van der Waals surface area contributed by atoms with E-state index in [1.807, 2.05) is 0 Å². The Morgan fingerprint density at radius 2 is 1.75 bits per heavy atom. The van der Waals surface area contributed by atoms with Gasteiger partial charge in [0.2, 0.25) is 0 Å². The number of rotatable bonds is 1. The van der Waals surface area contributed by atoms with Crippen molar-refractivity contribution in [3.05, 3.63) is 0 Å². The summed E-state index contributed by atoms with van der Waals surface area (Å²) < 4.78 is 32.1. The van der Waals surface area contributed by atoms with Crippen LogP contribution >= 0.6 is 0 Å². The van der Waals surface area contributed by atoms with E-state index in [-0.39, 0.29) is 19.4 Å². The number of hydrogen-bond donors (Lipinski definition) is 1. The number of carbonyl (C=O) groups is 2. The summed E-state index contributed by atoms with van der Waals surface area (Å²) in [6, 6.07) is 0. The number of ether oxygens (including phenoxy) is 1. The van der Waals surface area contributed by atoms with Crippen molar-refractivity contribution < 1.29 is 28.2 Å². The van der Waals surface area contributed by atoms with Gasteiger partial charge in [-0.05, 0) is 34.1 Å². The number of nitrogens with zero attached hydrogens (tertiary/aromatic N) is 1. The van der Waals surface area contributed by atoms with Crippen LogP contribution in [0.4, 0.5) is 13.6 Å². The molecule has 1 saturated carbocycles. The van der Waals surface area contributed by atoms with E-state index in [0.29, 0.717) is 0 Å². The molecule has 2 unspecified atom stereocenters. The van der Waals surface area contributed by atoms with Gasteiger partial charge in [0, 0.05) is 13.0 Å². The topological polar surface area (TPSA) is 66.8 Å². The van der Waals surface area contributed by atoms with Crippen molar-refractivity contribution in [1.82, 2.24) is 4.90 Å². The first-order valence-electron chi connectivity index (χ1n) is 6.45. The summed E-state index contributed by atoms with van der Waals surface area (Å²) in [7, 11) is 0. The van der Waals surface area contributed by atoms with Crippen LogP contribution in [0.15, 0.2) is 0 Å². The minimum atomic E-state index is -2.90. The van der Waals surface area contributed by atoms with Gasteiger partial charge < -0.3 is 9.84 Å². The molecule has 2 rings (SSSR count). The zero-order valence-electron chi connectivity index (χ0n) is 12.0. The number of aliphatic carboxylic acids is 1. The lowest BCUT2D eigenvalue weighted by molar-refractivity contribution is -0.148. The second-order valence-corrected chi connectivity index (χ2v) is 6.98. The summed E-state index contributed by atoms with van der Waals surface area (Å²) >= 11 is 0. The van der Waals surface area contributed by atoms with E-state index in [4.69, 9.17) is 4.74 Å². The highest BCUT2D eigenvalue weighted by Gasteiger charge is 2.78. The third kappa shape index (κ3) is 2.13. The van der Waals surface area contributed by atoms with Crippen LogP contribution in [0, 0.1) is 5.41 Å². The molecule has 0 aromatic heterocycles. The van der Waals surface area contributed by atoms with Crippen LogP contribution in [0.25, 0.3) is 0 Å². The Balaban J connectivity index is 2.27. The van der Waals surface area contributed by atoms with E-state index in [1.165, 1.54) is 6.92 Å². The van der Waals surface area contributed by atoms with Gasteiger partial charge in [-0.1, -0.05) is 0 Å². The predicted octanol–water partition coefficient (Wildman–Crippen LogP) is 2.50. The second kappa shape index (κ2) is 3.83. The maximum atomic E-state index is 13.5. The molecule has 0 radical (unpaired) electrons. The molecular formula is C13H19F2NO4. The SMILES string of the molecule is CC(C)(C)OC(=O)N1CC2(CC1(C)C(=O)O)CC2(F)F. The molecule has 5 nitrogen and oxygen atoms in total. The molecule has 1 N–H and O–H groups in total. The summed E-state index contributed by atoms with van der Waals surface area (Å²) in [4.78, 5) is 24.5. The fraction of sp³-hybridized carbons (Fsp3) is 0.846. The molecule has 1 spiro atoms. The van der Waals surface area contributed by atoms with Gasteiger partial charge in [0.05, 0.1) is 5.41 Å². The van der Waals surface area contributed by atoms with Crippen LogP contribution in [0.1, 0.15) is 40.5 Å². The zero-order valence-corrected chi connectivity index (χ0v) is 12.0. The summed E-state index contributed by atoms with van der Waals surface area (Å²) in [6.45, 7) is 5.93. The first-order chi connectivity index (χ1) is 8.83.